The second kappa shape index (κ2) is 10.1. The molecule has 1 heterocycles. The minimum Gasteiger partial charge on any atom is -0.481 e. The highest BCUT2D eigenvalue weighted by atomic mass is 16.5. The Hall–Kier alpha value is -4.05. The zero-order valence-corrected chi connectivity index (χ0v) is 19.6. The first kappa shape index (κ1) is 24.1. The largest absolute Gasteiger partial charge is 0.481 e. The second-order valence-corrected chi connectivity index (χ2v) is 8.93. The van der Waals surface area contributed by atoms with E-state index in [2.05, 4.69) is 35.9 Å². The Kier molecular flexibility index (Phi) is 6.92. The molecule has 0 aromatic heterocycles. The van der Waals surface area contributed by atoms with Gasteiger partial charge in [0.05, 0.1) is 0 Å². The number of hydrogen-bond acceptors (Lipinski definition) is 4. The van der Waals surface area contributed by atoms with Crippen molar-refractivity contribution in [2.24, 2.45) is 5.41 Å². The Bertz CT molecular complexity index is 1170. The van der Waals surface area contributed by atoms with Gasteiger partial charge >= 0.3 is 12.1 Å². The SMILES string of the molecule is C=CCC1(C(=O)O)CN(C(=O)C(CC#CC)NC(=O)OCC2c3ccccc3-c3ccccc32)C1. The molecular weight excluding hydrogens is 444 g/mol. The molecule has 35 heavy (non-hydrogen) atoms. The van der Waals surface area contributed by atoms with Crippen molar-refractivity contribution in [3.8, 4) is 23.0 Å². The van der Waals surface area contributed by atoms with Crippen molar-refractivity contribution in [2.75, 3.05) is 19.7 Å². The summed E-state index contributed by atoms with van der Waals surface area (Å²) in [5.74, 6) is 4.13. The molecule has 1 unspecified atom stereocenters. The summed E-state index contributed by atoms with van der Waals surface area (Å²) < 4.78 is 5.57. The van der Waals surface area contributed by atoms with Crippen LogP contribution in [0, 0.1) is 17.3 Å². The zero-order valence-electron chi connectivity index (χ0n) is 19.6. The highest BCUT2D eigenvalue weighted by Gasteiger charge is 2.51. The van der Waals surface area contributed by atoms with Gasteiger partial charge in [-0.1, -0.05) is 54.6 Å². The van der Waals surface area contributed by atoms with Crippen LogP contribution in [0.25, 0.3) is 11.1 Å². The van der Waals surface area contributed by atoms with E-state index in [1.165, 1.54) is 4.90 Å². The fourth-order valence-electron chi connectivity index (χ4n) is 4.88. The summed E-state index contributed by atoms with van der Waals surface area (Å²) in [5.41, 5.74) is 3.42. The van der Waals surface area contributed by atoms with Gasteiger partial charge in [0.2, 0.25) is 5.91 Å². The molecule has 7 nitrogen and oxygen atoms in total. The van der Waals surface area contributed by atoms with Crippen molar-refractivity contribution in [1.82, 2.24) is 10.2 Å². The fraction of sp³-hybridized carbons (Fsp3) is 0.321. The summed E-state index contributed by atoms with van der Waals surface area (Å²) in [5, 5.41) is 12.2. The Morgan fingerprint density at radius 2 is 1.77 bits per heavy atom. The number of alkyl carbamates (subject to hydrolysis) is 1. The monoisotopic (exact) mass is 472 g/mol. The van der Waals surface area contributed by atoms with Gasteiger partial charge in [-0.25, -0.2) is 4.79 Å². The van der Waals surface area contributed by atoms with Crippen LogP contribution in [0.4, 0.5) is 4.79 Å². The lowest BCUT2D eigenvalue weighted by atomic mass is 9.76. The van der Waals surface area contributed by atoms with Gasteiger partial charge in [-0.3, -0.25) is 9.59 Å². The molecule has 4 rings (SSSR count). The minimum atomic E-state index is -1.03. The molecule has 2 aromatic rings. The summed E-state index contributed by atoms with van der Waals surface area (Å²) >= 11 is 0. The summed E-state index contributed by atoms with van der Waals surface area (Å²) in [6, 6.07) is 15.2. The van der Waals surface area contributed by atoms with Gasteiger partial charge in [-0.15, -0.1) is 18.4 Å². The standard InChI is InChI=1S/C28H28N2O5/c1-3-5-14-24(25(31)30-17-28(18-30,15-4-2)26(32)33)29-27(34)35-16-23-21-12-8-6-10-19(21)20-11-7-9-13-22(20)23/h4,6-13,23-24H,2,14-18H2,1H3,(H,29,34)(H,32,33). The third-order valence-electron chi connectivity index (χ3n) is 6.70. The van der Waals surface area contributed by atoms with Crippen molar-refractivity contribution >= 4 is 18.0 Å². The van der Waals surface area contributed by atoms with E-state index in [0.717, 1.165) is 22.3 Å². The number of amides is 2. The van der Waals surface area contributed by atoms with Crippen molar-refractivity contribution < 1.29 is 24.2 Å². The Morgan fingerprint density at radius 3 is 2.31 bits per heavy atom. The maximum atomic E-state index is 13.0. The van der Waals surface area contributed by atoms with Gasteiger partial charge in [-0.2, -0.15) is 0 Å². The van der Waals surface area contributed by atoms with Crippen LogP contribution in [0.3, 0.4) is 0 Å². The lowest BCUT2D eigenvalue weighted by molar-refractivity contribution is -0.166. The van der Waals surface area contributed by atoms with Crippen LogP contribution in [0.5, 0.6) is 0 Å². The van der Waals surface area contributed by atoms with E-state index in [9.17, 15) is 19.5 Å². The van der Waals surface area contributed by atoms with Gasteiger partial charge in [0.25, 0.3) is 0 Å². The third-order valence-corrected chi connectivity index (χ3v) is 6.70. The van der Waals surface area contributed by atoms with Crippen LogP contribution in [0.1, 0.15) is 36.8 Å². The maximum absolute atomic E-state index is 13.0. The highest BCUT2D eigenvalue weighted by molar-refractivity contribution is 5.89. The van der Waals surface area contributed by atoms with Gasteiger partial charge in [0, 0.05) is 25.4 Å². The van der Waals surface area contributed by atoms with Crippen LogP contribution in [-0.2, 0) is 14.3 Å². The summed E-state index contributed by atoms with van der Waals surface area (Å²) in [6.07, 6.45) is 1.22. The fourth-order valence-corrected chi connectivity index (χ4v) is 4.88. The molecule has 1 atom stereocenters. The number of rotatable bonds is 8. The van der Waals surface area contributed by atoms with Gasteiger partial charge < -0.3 is 20.1 Å². The number of carbonyl (C=O) groups is 3. The van der Waals surface area contributed by atoms with Gasteiger partial charge in [0.15, 0.2) is 0 Å². The molecule has 1 aliphatic carbocycles. The number of ether oxygens (including phenoxy) is 1. The van der Waals surface area contributed by atoms with Crippen molar-refractivity contribution in [2.45, 2.75) is 31.7 Å². The Labute approximate surface area is 204 Å². The Morgan fingerprint density at radius 1 is 1.17 bits per heavy atom. The topological polar surface area (TPSA) is 95.9 Å². The van der Waals surface area contributed by atoms with Crippen LogP contribution in [-0.4, -0.2) is 53.7 Å². The molecule has 180 valence electrons. The van der Waals surface area contributed by atoms with Gasteiger partial charge in [-0.05, 0) is 35.6 Å². The lowest BCUT2D eigenvalue weighted by Gasteiger charge is -2.47. The number of nitrogens with one attached hydrogen (secondary N) is 1. The number of aliphatic carboxylic acids is 1. The van der Waals surface area contributed by atoms with E-state index in [0.29, 0.717) is 0 Å². The van der Waals surface area contributed by atoms with Gasteiger partial charge in [0.1, 0.15) is 18.1 Å². The molecular formula is C28H28N2O5. The maximum Gasteiger partial charge on any atom is 0.407 e. The molecule has 2 N–H and O–H groups in total. The minimum absolute atomic E-state index is 0.0651. The van der Waals surface area contributed by atoms with E-state index < -0.39 is 23.5 Å². The van der Waals surface area contributed by atoms with E-state index in [-0.39, 0.29) is 44.4 Å². The number of benzene rings is 2. The molecule has 1 saturated heterocycles. The molecule has 2 amide bonds. The summed E-state index contributed by atoms with van der Waals surface area (Å²) in [7, 11) is 0. The number of allylic oxidation sites excluding steroid dienone is 1. The predicted molar refractivity (Wildman–Crippen MR) is 132 cm³/mol. The smallest absolute Gasteiger partial charge is 0.407 e. The zero-order chi connectivity index (χ0) is 25.0. The first-order valence-electron chi connectivity index (χ1n) is 11.5. The second-order valence-electron chi connectivity index (χ2n) is 8.93. The number of likely N-dealkylation sites (tertiary alicyclic amines) is 1. The molecule has 0 bridgehead atoms. The van der Waals surface area contributed by atoms with E-state index in [1.54, 1.807) is 13.0 Å². The molecule has 1 aliphatic heterocycles. The summed E-state index contributed by atoms with van der Waals surface area (Å²) in [4.78, 5) is 38.9. The Balaban J connectivity index is 1.41. The number of fused-ring (bicyclic) bond motifs is 3. The van der Waals surface area contributed by atoms with Crippen molar-refractivity contribution in [3.63, 3.8) is 0 Å². The lowest BCUT2D eigenvalue weighted by Crippen LogP contribution is -2.65. The number of hydrogen-bond donors (Lipinski definition) is 2. The normalized spacial score (nSPS) is 16.0. The van der Waals surface area contributed by atoms with E-state index >= 15 is 0 Å². The molecule has 1 fully saturated rings. The molecule has 0 saturated carbocycles. The molecule has 2 aromatic carbocycles. The van der Waals surface area contributed by atoms with Crippen LogP contribution >= 0.6 is 0 Å². The van der Waals surface area contributed by atoms with Crippen LogP contribution in [0.15, 0.2) is 61.2 Å². The first-order chi connectivity index (χ1) is 16.9. The van der Waals surface area contributed by atoms with Crippen LogP contribution in [0.2, 0.25) is 0 Å². The summed E-state index contributed by atoms with van der Waals surface area (Å²) in [6.45, 7) is 5.53. The predicted octanol–water partition coefficient (Wildman–Crippen LogP) is 3.80. The average molecular weight is 473 g/mol. The number of carboxylic acid groups (broad SMARTS) is 1. The van der Waals surface area contributed by atoms with Crippen molar-refractivity contribution in [1.29, 1.82) is 0 Å². The third kappa shape index (κ3) is 4.65. The molecule has 0 spiro atoms. The molecule has 2 aliphatic rings. The van der Waals surface area contributed by atoms with Crippen LogP contribution < -0.4 is 5.32 Å². The number of carboxylic acids is 1. The highest BCUT2D eigenvalue weighted by Crippen LogP contribution is 2.44. The molecule has 0 radical (unpaired) electrons. The first-order valence-corrected chi connectivity index (χ1v) is 11.5. The van der Waals surface area contributed by atoms with Crippen molar-refractivity contribution in [3.05, 3.63) is 72.3 Å². The van der Waals surface area contributed by atoms with E-state index in [4.69, 9.17) is 4.74 Å². The number of nitrogens with zero attached hydrogens (tertiary/aromatic N) is 1. The average Bonchev–Trinajstić information content (AvgIpc) is 3.15. The number of carbonyl (C=O) groups excluding carboxylic acids is 2. The molecule has 7 heteroatoms. The van der Waals surface area contributed by atoms with E-state index in [1.807, 2.05) is 36.4 Å². The quantitative estimate of drug-likeness (QED) is 0.450.